The van der Waals surface area contributed by atoms with Gasteiger partial charge in [0.25, 0.3) is 5.78 Å². The Labute approximate surface area is 146 Å². The van der Waals surface area contributed by atoms with Crippen molar-refractivity contribution in [1.29, 1.82) is 0 Å². The molecule has 0 heterocycles. The van der Waals surface area contributed by atoms with Crippen molar-refractivity contribution in [2.75, 3.05) is 0 Å². The van der Waals surface area contributed by atoms with Crippen LogP contribution in [0.4, 0.5) is 8.78 Å². The molecule has 8 heteroatoms. The van der Waals surface area contributed by atoms with Crippen LogP contribution in [0.25, 0.3) is 0 Å². The van der Waals surface area contributed by atoms with E-state index in [-0.39, 0.29) is 6.04 Å². The van der Waals surface area contributed by atoms with Crippen LogP contribution >= 0.6 is 0 Å². The van der Waals surface area contributed by atoms with E-state index >= 15 is 0 Å². The number of carboxylic acids is 1. The van der Waals surface area contributed by atoms with Crippen LogP contribution < -0.4 is 10.6 Å². The molecule has 1 saturated carbocycles. The third-order valence-corrected chi connectivity index (χ3v) is 4.40. The maximum Gasteiger partial charge on any atom is 0.374 e. The van der Waals surface area contributed by atoms with Gasteiger partial charge in [-0.2, -0.15) is 0 Å². The smallest absolute Gasteiger partial charge is 0.374 e. The first kappa shape index (κ1) is 21.5. The molecular weight excluding hydrogens is 334 g/mol. The normalized spacial score (nSPS) is 18.2. The fraction of sp³-hybridized carbons (Fsp3) is 0.824. The van der Waals surface area contributed by atoms with Crippen molar-refractivity contribution < 1.29 is 28.3 Å². The Balaban J connectivity index is 2.78. The van der Waals surface area contributed by atoms with Gasteiger partial charge in [-0.05, 0) is 12.3 Å². The fourth-order valence-electron chi connectivity index (χ4n) is 3.24. The molecule has 0 spiro atoms. The predicted molar refractivity (Wildman–Crippen MR) is 88.4 cm³/mol. The highest BCUT2D eigenvalue weighted by Gasteiger charge is 2.32. The molecule has 0 aromatic heterocycles. The highest BCUT2D eigenvalue weighted by Crippen LogP contribution is 2.27. The zero-order valence-corrected chi connectivity index (χ0v) is 14.8. The zero-order chi connectivity index (χ0) is 19.0. The number of carboxylic acid groups (broad SMARTS) is 1. The van der Waals surface area contributed by atoms with Crippen LogP contribution in [0, 0.1) is 5.92 Å². The number of carbonyl (C=O) groups excluding carboxylic acids is 2. The lowest BCUT2D eigenvalue weighted by atomic mass is 9.84. The lowest BCUT2D eigenvalue weighted by molar-refractivity contribution is -0.151. The van der Waals surface area contributed by atoms with Gasteiger partial charge in [0, 0.05) is 12.5 Å². The first-order chi connectivity index (χ1) is 11.7. The molecule has 0 bridgehead atoms. The first-order valence-electron chi connectivity index (χ1n) is 8.82. The fourth-order valence-corrected chi connectivity index (χ4v) is 3.24. The summed E-state index contributed by atoms with van der Waals surface area (Å²) in [5.41, 5.74) is 0. The van der Waals surface area contributed by atoms with E-state index in [1.165, 1.54) is 6.42 Å². The molecule has 0 aromatic rings. The SMILES string of the molecule is CC(C)NC(CC1CCCCC1)C(=O)NC(CC(F)F)C(=O)C(=O)O. The molecule has 1 amide bonds. The van der Waals surface area contributed by atoms with E-state index in [1.54, 1.807) is 0 Å². The lowest BCUT2D eigenvalue weighted by Crippen LogP contribution is -2.53. The summed E-state index contributed by atoms with van der Waals surface area (Å²) in [6.07, 6.45) is 2.06. The number of amides is 1. The number of rotatable bonds is 10. The average molecular weight is 362 g/mol. The second-order valence-electron chi connectivity index (χ2n) is 6.97. The summed E-state index contributed by atoms with van der Waals surface area (Å²) in [5.74, 6) is -3.49. The Morgan fingerprint density at radius 3 is 2.16 bits per heavy atom. The Morgan fingerprint density at radius 2 is 1.68 bits per heavy atom. The summed E-state index contributed by atoms with van der Waals surface area (Å²) >= 11 is 0. The van der Waals surface area contributed by atoms with Crippen molar-refractivity contribution in [1.82, 2.24) is 10.6 Å². The number of nitrogens with one attached hydrogen (secondary N) is 2. The number of halogens is 2. The summed E-state index contributed by atoms with van der Waals surface area (Å²) in [4.78, 5) is 34.9. The van der Waals surface area contributed by atoms with Crippen molar-refractivity contribution in [2.24, 2.45) is 5.92 Å². The molecular formula is C17H28F2N2O4. The van der Waals surface area contributed by atoms with Crippen LogP contribution in [0.15, 0.2) is 0 Å². The molecule has 1 aliphatic rings. The number of aliphatic carboxylic acids is 1. The van der Waals surface area contributed by atoms with E-state index in [0.717, 1.165) is 25.7 Å². The molecule has 1 fully saturated rings. The molecule has 0 aliphatic heterocycles. The third-order valence-electron chi connectivity index (χ3n) is 4.40. The van der Waals surface area contributed by atoms with Gasteiger partial charge in [0.05, 0.1) is 6.04 Å². The van der Waals surface area contributed by atoms with Gasteiger partial charge < -0.3 is 15.7 Å². The third kappa shape index (κ3) is 7.90. The van der Waals surface area contributed by atoms with Gasteiger partial charge in [-0.1, -0.05) is 46.0 Å². The number of hydrogen-bond donors (Lipinski definition) is 3. The maximum atomic E-state index is 12.6. The van der Waals surface area contributed by atoms with Crippen LogP contribution in [0.5, 0.6) is 0 Å². The summed E-state index contributed by atoms with van der Waals surface area (Å²) in [7, 11) is 0. The van der Waals surface area contributed by atoms with Crippen LogP contribution in [-0.2, 0) is 14.4 Å². The number of alkyl halides is 2. The molecule has 0 saturated heterocycles. The monoisotopic (exact) mass is 362 g/mol. The van der Waals surface area contributed by atoms with Crippen LogP contribution in [0.1, 0.15) is 58.8 Å². The number of Topliss-reactive ketones (excluding diaryl/α,β-unsaturated/α-hetero) is 1. The lowest BCUT2D eigenvalue weighted by Gasteiger charge is -2.29. The molecule has 6 nitrogen and oxygen atoms in total. The molecule has 2 unspecified atom stereocenters. The molecule has 0 aromatic carbocycles. The van der Waals surface area contributed by atoms with Gasteiger partial charge in [-0.3, -0.25) is 9.59 Å². The molecule has 25 heavy (non-hydrogen) atoms. The summed E-state index contributed by atoms with van der Waals surface area (Å²) < 4.78 is 25.3. The van der Waals surface area contributed by atoms with E-state index in [0.29, 0.717) is 12.3 Å². The van der Waals surface area contributed by atoms with Gasteiger partial charge in [0.2, 0.25) is 12.3 Å². The second-order valence-corrected chi connectivity index (χ2v) is 6.97. The first-order valence-corrected chi connectivity index (χ1v) is 8.82. The molecule has 2 atom stereocenters. The van der Waals surface area contributed by atoms with Crippen molar-refractivity contribution in [3.8, 4) is 0 Å². The topological polar surface area (TPSA) is 95.5 Å². The predicted octanol–water partition coefficient (Wildman–Crippen LogP) is 2.12. The highest BCUT2D eigenvalue weighted by atomic mass is 19.3. The van der Waals surface area contributed by atoms with Gasteiger partial charge in [0.15, 0.2) is 0 Å². The van der Waals surface area contributed by atoms with Gasteiger partial charge >= 0.3 is 5.97 Å². The number of hydrogen-bond acceptors (Lipinski definition) is 4. The highest BCUT2D eigenvalue weighted by molar-refractivity contribution is 6.35. The van der Waals surface area contributed by atoms with Crippen LogP contribution in [-0.4, -0.2) is 47.3 Å². The molecule has 0 radical (unpaired) electrons. The Kier molecular flexibility index (Phi) is 8.96. The largest absolute Gasteiger partial charge is 0.475 e. The van der Waals surface area contributed by atoms with Crippen LogP contribution in [0.2, 0.25) is 0 Å². The Bertz CT molecular complexity index is 466. The van der Waals surface area contributed by atoms with E-state index in [9.17, 15) is 23.2 Å². The van der Waals surface area contributed by atoms with E-state index in [1.807, 2.05) is 13.8 Å². The zero-order valence-electron chi connectivity index (χ0n) is 14.8. The molecule has 144 valence electrons. The maximum absolute atomic E-state index is 12.6. The van der Waals surface area contributed by atoms with Crippen molar-refractivity contribution >= 4 is 17.7 Å². The Hall–Kier alpha value is -1.57. The molecule has 3 N–H and O–H groups in total. The minimum absolute atomic E-state index is 0.0111. The van der Waals surface area contributed by atoms with E-state index < -0.39 is 42.6 Å². The standard InChI is InChI=1S/C17H28F2N2O4/c1-10(2)20-13(8-11-6-4-3-5-7-11)16(23)21-12(9-14(18)19)15(22)17(24)25/h10-14,20H,3-9H2,1-2H3,(H,21,23)(H,24,25). The van der Waals surface area contributed by atoms with Crippen molar-refractivity contribution in [3.05, 3.63) is 0 Å². The second kappa shape index (κ2) is 10.4. The summed E-state index contributed by atoms with van der Waals surface area (Å²) in [6.45, 7) is 3.72. The number of carbonyl (C=O) groups is 3. The van der Waals surface area contributed by atoms with Crippen molar-refractivity contribution in [2.45, 2.75) is 83.3 Å². The average Bonchev–Trinajstić information content (AvgIpc) is 2.52. The minimum Gasteiger partial charge on any atom is -0.475 e. The van der Waals surface area contributed by atoms with Gasteiger partial charge in [0.1, 0.15) is 6.04 Å². The summed E-state index contributed by atoms with van der Waals surface area (Å²) in [6, 6.07) is -2.36. The molecule has 1 rings (SSSR count). The Morgan fingerprint density at radius 1 is 1.08 bits per heavy atom. The van der Waals surface area contributed by atoms with Crippen molar-refractivity contribution in [3.63, 3.8) is 0 Å². The van der Waals surface area contributed by atoms with Gasteiger partial charge in [-0.15, -0.1) is 0 Å². The number of ketones is 1. The quantitative estimate of drug-likeness (QED) is 0.518. The van der Waals surface area contributed by atoms with E-state index in [2.05, 4.69) is 10.6 Å². The molecule has 1 aliphatic carbocycles. The van der Waals surface area contributed by atoms with E-state index in [4.69, 9.17) is 5.11 Å². The van der Waals surface area contributed by atoms with Gasteiger partial charge in [-0.25, -0.2) is 13.6 Å². The van der Waals surface area contributed by atoms with Crippen LogP contribution in [0.3, 0.4) is 0 Å². The summed E-state index contributed by atoms with van der Waals surface area (Å²) in [5, 5.41) is 14.1. The minimum atomic E-state index is -2.89.